The lowest BCUT2D eigenvalue weighted by Crippen LogP contribution is -2.41. The highest BCUT2D eigenvalue weighted by atomic mass is 127. The summed E-state index contributed by atoms with van der Waals surface area (Å²) in [5.41, 5.74) is 1.33. The highest BCUT2D eigenvalue weighted by molar-refractivity contribution is 14.0. The van der Waals surface area contributed by atoms with Crippen molar-refractivity contribution in [2.45, 2.75) is 53.1 Å². The van der Waals surface area contributed by atoms with Crippen LogP contribution in [0.2, 0.25) is 0 Å². The largest absolute Gasteiger partial charge is 0.396 e. The molecule has 1 heterocycles. The molecule has 0 saturated carbocycles. The van der Waals surface area contributed by atoms with E-state index in [4.69, 9.17) is 9.73 Å². The Balaban J connectivity index is 0.00000420. The average Bonchev–Trinajstić information content (AvgIpc) is 3.19. The van der Waals surface area contributed by atoms with Crippen LogP contribution in [0.4, 0.5) is 0 Å². The molecule has 0 spiro atoms. The summed E-state index contributed by atoms with van der Waals surface area (Å²) < 4.78 is 5.96. The number of benzene rings is 1. The Morgan fingerprint density at radius 2 is 1.97 bits per heavy atom. The van der Waals surface area contributed by atoms with Crippen LogP contribution in [0.5, 0.6) is 0 Å². The zero-order chi connectivity index (χ0) is 20.2. The first-order chi connectivity index (χ1) is 13.7. The SMILES string of the molecule is CCNC(=NCC(CC)(CC)CCO)N1CCC(COCc2ccccc2)C1.I. The number of halogens is 1. The smallest absolute Gasteiger partial charge is 0.193 e. The second kappa shape index (κ2) is 14.2. The fourth-order valence-electron chi connectivity index (χ4n) is 3.89. The van der Waals surface area contributed by atoms with Crippen molar-refractivity contribution in [2.75, 3.05) is 39.4 Å². The van der Waals surface area contributed by atoms with Crippen LogP contribution in [-0.2, 0) is 11.3 Å². The third-order valence-electron chi connectivity index (χ3n) is 6.09. The van der Waals surface area contributed by atoms with Crippen molar-refractivity contribution >= 4 is 29.9 Å². The number of ether oxygens (including phenoxy) is 1. The molecule has 1 fully saturated rings. The summed E-state index contributed by atoms with van der Waals surface area (Å²) in [5.74, 6) is 1.56. The third-order valence-corrected chi connectivity index (χ3v) is 6.09. The first-order valence-electron chi connectivity index (χ1n) is 10.9. The molecule has 1 aromatic rings. The van der Waals surface area contributed by atoms with Crippen molar-refractivity contribution in [3.05, 3.63) is 35.9 Å². The topological polar surface area (TPSA) is 57.1 Å². The van der Waals surface area contributed by atoms with E-state index >= 15 is 0 Å². The summed E-state index contributed by atoms with van der Waals surface area (Å²) in [4.78, 5) is 7.34. The maximum atomic E-state index is 9.46. The number of aliphatic hydroxyl groups is 1. The van der Waals surface area contributed by atoms with Crippen LogP contribution in [0.25, 0.3) is 0 Å². The fraction of sp³-hybridized carbons (Fsp3) is 0.696. The van der Waals surface area contributed by atoms with Gasteiger partial charge in [-0.1, -0.05) is 44.2 Å². The number of nitrogens with zero attached hydrogens (tertiary/aromatic N) is 2. The first kappa shape index (κ1) is 26.2. The van der Waals surface area contributed by atoms with Crippen LogP contribution in [0.15, 0.2) is 35.3 Å². The Morgan fingerprint density at radius 3 is 2.59 bits per heavy atom. The first-order valence-corrected chi connectivity index (χ1v) is 10.9. The van der Waals surface area contributed by atoms with Gasteiger partial charge in [-0.05, 0) is 43.6 Å². The summed E-state index contributed by atoms with van der Waals surface area (Å²) in [5, 5.41) is 12.9. The molecule has 1 unspecified atom stereocenters. The highest BCUT2D eigenvalue weighted by Crippen LogP contribution is 2.31. The fourth-order valence-corrected chi connectivity index (χ4v) is 3.89. The van der Waals surface area contributed by atoms with Crippen molar-refractivity contribution < 1.29 is 9.84 Å². The van der Waals surface area contributed by atoms with Crippen molar-refractivity contribution in [3.8, 4) is 0 Å². The molecule has 2 N–H and O–H groups in total. The normalized spacial score (nSPS) is 17.3. The molecule has 0 aromatic heterocycles. The molecule has 0 aliphatic carbocycles. The van der Waals surface area contributed by atoms with Crippen LogP contribution in [0.3, 0.4) is 0 Å². The zero-order valence-corrected chi connectivity index (χ0v) is 20.7. The van der Waals surface area contributed by atoms with Crippen LogP contribution >= 0.6 is 24.0 Å². The summed E-state index contributed by atoms with van der Waals surface area (Å²) >= 11 is 0. The number of hydrogen-bond donors (Lipinski definition) is 2. The van der Waals surface area contributed by atoms with E-state index in [2.05, 4.69) is 55.3 Å². The number of nitrogens with one attached hydrogen (secondary N) is 1. The number of aliphatic hydroxyl groups excluding tert-OH is 1. The Bertz CT molecular complexity index is 579. The molecule has 1 aliphatic rings. The van der Waals surface area contributed by atoms with Gasteiger partial charge in [0.05, 0.1) is 13.2 Å². The number of aliphatic imine (C=N–C) groups is 1. The number of hydrogen-bond acceptors (Lipinski definition) is 3. The minimum atomic E-state index is 0. The van der Waals surface area contributed by atoms with E-state index in [1.165, 1.54) is 5.56 Å². The molecule has 6 heteroatoms. The Labute approximate surface area is 194 Å². The molecule has 166 valence electrons. The van der Waals surface area contributed by atoms with Crippen LogP contribution in [-0.4, -0.2) is 55.4 Å². The van der Waals surface area contributed by atoms with Gasteiger partial charge in [0, 0.05) is 38.7 Å². The second-order valence-electron chi connectivity index (χ2n) is 7.95. The lowest BCUT2D eigenvalue weighted by atomic mass is 9.79. The summed E-state index contributed by atoms with van der Waals surface area (Å²) in [6, 6.07) is 10.4. The molecular formula is C23H40IN3O2. The average molecular weight is 517 g/mol. The molecule has 1 saturated heterocycles. The molecule has 5 nitrogen and oxygen atoms in total. The van der Waals surface area contributed by atoms with Gasteiger partial charge >= 0.3 is 0 Å². The van der Waals surface area contributed by atoms with Gasteiger partial charge in [-0.15, -0.1) is 24.0 Å². The zero-order valence-electron chi connectivity index (χ0n) is 18.4. The lowest BCUT2D eigenvalue weighted by molar-refractivity contribution is 0.0906. The predicted molar refractivity (Wildman–Crippen MR) is 132 cm³/mol. The molecule has 2 rings (SSSR count). The maximum Gasteiger partial charge on any atom is 0.193 e. The number of likely N-dealkylation sites (tertiary alicyclic amines) is 1. The Kier molecular flexibility index (Phi) is 12.8. The van der Waals surface area contributed by atoms with E-state index in [1.54, 1.807) is 0 Å². The molecule has 29 heavy (non-hydrogen) atoms. The van der Waals surface area contributed by atoms with Crippen molar-refractivity contribution in [1.82, 2.24) is 10.2 Å². The van der Waals surface area contributed by atoms with Crippen molar-refractivity contribution in [3.63, 3.8) is 0 Å². The standard InChI is InChI=1S/C23H39N3O2.HI/c1-4-23(5-2,13-15-27)19-25-22(24-6-3)26-14-12-21(16-26)18-28-17-20-10-8-7-9-11-20;/h7-11,21,27H,4-6,12-19H2,1-3H3,(H,24,25);1H. The minimum absolute atomic E-state index is 0. The van der Waals surface area contributed by atoms with E-state index < -0.39 is 0 Å². The van der Waals surface area contributed by atoms with Gasteiger partial charge in [-0.25, -0.2) is 0 Å². The van der Waals surface area contributed by atoms with Crippen molar-refractivity contribution in [2.24, 2.45) is 16.3 Å². The van der Waals surface area contributed by atoms with Crippen LogP contribution in [0, 0.1) is 11.3 Å². The van der Waals surface area contributed by atoms with Gasteiger partial charge in [0.15, 0.2) is 5.96 Å². The molecule has 1 aromatic carbocycles. The number of guanidine groups is 1. The van der Waals surface area contributed by atoms with E-state index in [0.29, 0.717) is 12.5 Å². The van der Waals surface area contributed by atoms with Gasteiger partial charge in [-0.3, -0.25) is 4.99 Å². The van der Waals surface area contributed by atoms with E-state index in [-0.39, 0.29) is 36.0 Å². The Morgan fingerprint density at radius 1 is 1.24 bits per heavy atom. The van der Waals surface area contributed by atoms with E-state index in [1.807, 2.05) is 6.07 Å². The van der Waals surface area contributed by atoms with Gasteiger partial charge < -0.3 is 20.1 Å². The predicted octanol–water partition coefficient (Wildman–Crippen LogP) is 4.30. The molecule has 1 atom stereocenters. The lowest BCUT2D eigenvalue weighted by Gasteiger charge is -2.30. The molecule has 0 amide bonds. The quantitative estimate of drug-likeness (QED) is 0.261. The van der Waals surface area contributed by atoms with Crippen LogP contribution in [0.1, 0.15) is 52.0 Å². The summed E-state index contributed by atoms with van der Waals surface area (Å²) in [7, 11) is 0. The summed E-state index contributed by atoms with van der Waals surface area (Å²) in [6.07, 6.45) is 4.05. The molecule has 1 aliphatic heterocycles. The van der Waals surface area contributed by atoms with Gasteiger partial charge in [0.2, 0.25) is 0 Å². The second-order valence-corrected chi connectivity index (χ2v) is 7.95. The van der Waals surface area contributed by atoms with Gasteiger partial charge in [0.25, 0.3) is 0 Å². The van der Waals surface area contributed by atoms with Gasteiger partial charge in [0.1, 0.15) is 0 Å². The Hall–Kier alpha value is -0.860. The monoisotopic (exact) mass is 517 g/mol. The summed E-state index contributed by atoms with van der Waals surface area (Å²) in [6.45, 7) is 11.9. The van der Waals surface area contributed by atoms with E-state index in [0.717, 1.165) is 64.4 Å². The minimum Gasteiger partial charge on any atom is -0.396 e. The van der Waals surface area contributed by atoms with Crippen LogP contribution < -0.4 is 5.32 Å². The van der Waals surface area contributed by atoms with E-state index in [9.17, 15) is 5.11 Å². The maximum absolute atomic E-state index is 9.46. The third kappa shape index (κ3) is 8.42. The molecule has 0 bridgehead atoms. The highest BCUT2D eigenvalue weighted by Gasteiger charge is 2.28. The molecule has 0 radical (unpaired) electrons. The molecular weight excluding hydrogens is 477 g/mol. The van der Waals surface area contributed by atoms with Gasteiger partial charge in [-0.2, -0.15) is 0 Å². The van der Waals surface area contributed by atoms with Crippen molar-refractivity contribution in [1.29, 1.82) is 0 Å². The number of rotatable bonds is 11.